The summed E-state index contributed by atoms with van der Waals surface area (Å²) in [5.41, 5.74) is 3.18. The van der Waals surface area contributed by atoms with Gasteiger partial charge in [-0.2, -0.15) is 0 Å². The maximum Gasteiger partial charge on any atom is 0.243 e. The van der Waals surface area contributed by atoms with Crippen molar-refractivity contribution in [1.82, 2.24) is 20.9 Å². The van der Waals surface area contributed by atoms with E-state index in [1.165, 1.54) is 5.56 Å². The summed E-state index contributed by atoms with van der Waals surface area (Å²) < 4.78 is 0. The van der Waals surface area contributed by atoms with Crippen molar-refractivity contribution in [3.05, 3.63) is 71.3 Å². The second-order valence-electron chi connectivity index (χ2n) is 9.70. The number of carbonyl (C=O) groups is 3. The van der Waals surface area contributed by atoms with Crippen LogP contribution in [0.3, 0.4) is 0 Å². The zero-order valence-electron chi connectivity index (χ0n) is 20.9. The van der Waals surface area contributed by atoms with Gasteiger partial charge in [0.25, 0.3) is 0 Å². The molecule has 194 valence electrons. The van der Waals surface area contributed by atoms with E-state index in [9.17, 15) is 14.4 Å². The van der Waals surface area contributed by atoms with Crippen LogP contribution < -0.4 is 16.0 Å². The minimum absolute atomic E-state index is 0. The number of amides is 3. The van der Waals surface area contributed by atoms with Crippen LogP contribution >= 0.6 is 12.4 Å². The van der Waals surface area contributed by atoms with Crippen molar-refractivity contribution in [1.29, 1.82) is 0 Å². The predicted octanol–water partition coefficient (Wildman–Crippen LogP) is 2.75. The van der Waals surface area contributed by atoms with E-state index in [0.717, 1.165) is 30.5 Å². The fraction of sp³-hybridized carbons (Fsp3) is 0.464. The van der Waals surface area contributed by atoms with Gasteiger partial charge in [0.1, 0.15) is 6.04 Å². The smallest absolute Gasteiger partial charge is 0.243 e. The number of aryl methyl sites for hydroxylation is 1. The second kappa shape index (κ2) is 13.4. The average Bonchev–Trinajstić information content (AvgIpc) is 3.43. The molecule has 7 nitrogen and oxygen atoms in total. The summed E-state index contributed by atoms with van der Waals surface area (Å²) in [5, 5.41) is 9.26. The maximum absolute atomic E-state index is 13.1. The van der Waals surface area contributed by atoms with Crippen LogP contribution in [0.25, 0.3) is 0 Å². The Morgan fingerprint density at radius 2 is 1.67 bits per heavy atom. The molecule has 2 aliphatic rings. The SMILES string of the molecule is Cc1ccc(CNC(=O)[C@H](Cc2ccccc2)NC(=O)C2CCN(C(=O)[C@@H]3CCCN3)CC2)cc1.Cl. The van der Waals surface area contributed by atoms with E-state index >= 15 is 0 Å². The van der Waals surface area contributed by atoms with Gasteiger partial charge < -0.3 is 20.9 Å². The number of likely N-dealkylation sites (tertiary alicyclic amines) is 1. The van der Waals surface area contributed by atoms with Crippen LogP contribution in [0.15, 0.2) is 54.6 Å². The monoisotopic (exact) mass is 512 g/mol. The van der Waals surface area contributed by atoms with Crippen LogP contribution in [0.1, 0.15) is 42.4 Å². The zero-order valence-corrected chi connectivity index (χ0v) is 21.7. The Morgan fingerprint density at radius 3 is 2.31 bits per heavy atom. The van der Waals surface area contributed by atoms with E-state index in [-0.39, 0.29) is 42.1 Å². The Balaban J connectivity index is 0.00000361. The number of piperidine rings is 1. The van der Waals surface area contributed by atoms with Gasteiger partial charge in [0.2, 0.25) is 17.7 Å². The van der Waals surface area contributed by atoms with Crippen molar-refractivity contribution in [2.75, 3.05) is 19.6 Å². The number of hydrogen-bond donors (Lipinski definition) is 3. The first-order chi connectivity index (χ1) is 17.0. The van der Waals surface area contributed by atoms with E-state index < -0.39 is 6.04 Å². The summed E-state index contributed by atoms with van der Waals surface area (Å²) in [5.74, 6) is -0.345. The fourth-order valence-corrected chi connectivity index (χ4v) is 4.84. The molecule has 2 aromatic rings. The lowest BCUT2D eigenvalue weighted by molar-refractivity contribution is -0.137. The molecule has 36 heavy (non-hydrogen) atoms. The van der Waals surface area contributed by atoms with E-state index in [4.69, 9.17) is 0 Å². The molecule has 0 unspecified atom stereocenters. The van der Waals surface area contributed by atoms with Crippen molar-refractivity contribution in [3.8, 4) is 0 Å². The Morgan fingerprint density at radius 1 is 0.972 bits per heavy atom. The molecule has 2 aromatic carbocycles. The highest BCUT2D eigenvalue weighted by molar-refractivity contribution is 5.89. The number of nitrogens with one attached hydrogen (secondary N) is 3. The third-order valence-corrected chi connectivity index (χ3v) is 7.04. The van der Waals surface area contributed by atoms with Gasteiger partial charge in [0.15, 0.2) is 0 Å². The van der Waals surface area contributed by atoms with Crippen LogP contribution in [0.4, 0.5) is 0 Å². The van der Waals surface area contributed by atoms with Gasteiger partial charge in [0.05, 0.1) is 6.04 Å². The molecule has 8 heteroatoms. The zero-order chi connectivity index (χ0) is 24.6. The average molecular weight is 513 g/mol. The van der Waals surface area contributed by atoms with Crippen LogP contribution in [-0.4, -0.2) is 54.3 Å². The highest BCUT2D eigenvalue weighted by atomic mass is 35.5. The third-order valence-electron chi connectivity index (χ3n) is 7.04. The summed E-state index contributed by atoms with van der Waals surface area (Å²) >= 11 is 0. The molecule has 0 bridgehead atoms. The molecule has 0 aliphatic carbocycles. The highest BCUT2D eigenvalue weighted by Gasteiger charge is 2.33. The van der Waals surface area contributed by atoms with E-state index in [1.54, 1.807) is 0 Å². The van der Waals surface area contributed by atoms with Gasteiger partial charge in [-0.15, -0.1) is 12.4 Å². The lowest BCUT2D eigenvalue weighted by Gasteiger charge is -2.33. The minimum atomic E-state index is -0.655. The normalized spacial score (nSPS) is 18.7. The molecule has 3 amide bonds. The molecule has 0 spiro atoms. The van der Waals surface area contributed by atoms with Gasteiger partial charge in [0, 0.05) is 32.0 Å². The quantitative estimate of drug-likeness (QED) is 0.507. The number of carbonyl (C=O) groups excluding carboxylic acids is 3. The van der Waals surface area contributed by atoms with Crippen LogP contribution in [0.5, 0.6) is 0 Å². The molecule has 0 aromatic heterocycles. The summed E-state index contributed by atoms with van der Waals surface area (Å²) in [6.07, 6.45) is 3.58. The van der Waals surface area contributed by atoms with Gasteiger partial charge in [-0.05, 0) is 50.3 Å². The number of nitrogens with zero attached hydrogens (tertiary/aromatic N) is 1. The van der Waals surface area contributed by atoms with Gasteiger partial charge in [-0.25, -0.2) is 0 Å². The molecule has 2 aliphatic heterocycles. The lowest BCUT2D eigenvalue weighted by Crippen LogP contribution is -2.52. The predicted molar refractivity (Wildman–Crippen MR) is 143 cm³/mol. The molecular formula is C28H37ClN4O3. The van der Waals surface area contributed by atoms with Crippen molar-refractivity contribution in [3.63, 3.8) is 0 Å². The summed E-state index contributed by atoms with van der Waals surface area (Å²) in [6.45, 7) is 4.50. The molecule has 0 saturated carbocycles. The molecule has 2 heterocycles. The van der Waals surface area contributed by atoms with Crippen molar-refractivity contribution >= 4 is 30.1 Å². The van der Waals surface area contributed by atoms with Gasteiger partial charge >= 0.3 is 0 Å². The third kappa shape index (κ3) is 7.55. The Labute approximate surface area is 219 Å². The van der Waals surface area contributed by atoms with E-state index in [0.29, 0.717) is 38.9 Å². The van der Waals surface area contributed by atoms with Crippen LogP contribution in [0, 0.1) is 12.8 Å². The molecule has 0 radical (unpaired) electrons. The maximum atomic E-state index is 13.1. The molecule has 2 atom stereocenters. The molecule has 3 N–H and O–H groups in total. The molecule has 2 saturated heterocycles. The number of hydrogen-bond acceptors (Lipinski definition) is 4. The number of benzene rings is 2. The summed E-state index contributed by atoms with van der Waals surface area (Å²) in [6, 6.07) is 17.0. The molecular weight excluding hydrogens is 476 g/mol. The van der Waals surface area contributed by atoms with Crippen LogP contribution in [0.2, 0.25) is 0 Å². The van der Waals surface area contributed by atoms with Crippen LogP contribution in [-0.2, 0) is 27.3 Å². The molecule has 4 rings (SSSR count). The first-order valence-electron chi connectivity index (χ1n) is 12.7. The highest BCUT2D eigenvalue weighted by Crippen LogP contribution is 2.20. The number of rotatable bonds is 8. The lowest BCUT2D eigenvalue weighted by atomic mass is 9.94. The van der Waals surface area contributed by atoms with Gasteiger partial charge in [-0.3, -0.25) is 14.4 Å². The minimum Gasteiger partial charge on any atom is -0.350 e. The standard InChI is InChI=1S/C28H36N4O3.ClH/c1-20-9-11-22(12-10-20)19-30-27(34)25(18-21-6-3-2-4-7-21)31-26(33)23-13-16-32(17-14-23)28(35)24-8-5-15-29-24;/h2-4,6-7,9-12,23-25,29H,5,8,13-19H2,1H3,(H,30,34)(H,31,33);1H/t24-,25-;/m0./s1. The topological polar surface area (TPSA) is 90.5 Å². The van der Waals surface area contributed by atoms with Crippen molar-refractivity contribution < 1.29 is 14.4 Å². The van der Waals surface area contributed by atoms with Crippen molar-refractivity contribution in [2.45, 2.75) is 57.7 Å². The van der Waals surface area contributed by atoms with E-state index in [1.807, 2.05) is 66.4 Å². The summed E-state index contributed by atoms with van der Waals surface area (Å²) in [4.78, 5) is 40.8. The fourth-order valence-electron chi connectivity index (χ4n) is 4.84. The van der Waals surface area contributed by atoms with E-state index in [2.05, 4.69) is 16.0 Å². The first-order valence-corrected chi connectivity index (χ1v) is 12.7. The largest absolute Gasteiger partial charge is 0.350 e. The molecule has 2 fully saturated rings. The Kier molecular flexibility index (Phi) is 10.3. The summed E-state index contributed by atoms with van der Waals surface area (Å²) in [7, 11) is 0. The van der Waals surface area contributed by atoms with Gasteiger partial charge in [-0.1, -0.05) is 60.2 Å². The Bertz CT molecular complexity index is 1000. The Hall–Kier alpha value is -2.90. The first kappa shape index (κ1) is 27.7. The second-order valence-corrected chi connectivity index (χ2v) is 9.70. The van der Waals surface area contributed by atoms with Crippen molar-refractivity contribution in [2.24, 2.45) is 5.92 Å². The number of halogens is 1.